The van der Waals surface area contributed by atoms with Crippen LogP contribution in [0, 0.1) is 11.8 Å². The van der Waals surface area contributed by atoms with Crippen molar-refractivity contribution in [2.75, 3.05) is 6.54 Å². The number of unbranched alkanes of at least 4 members (excludes halogenated alkanes) is 2. The van der Waals surface area contributed by atoms with Crippen molar-refractivity contribution in [3.05, 3.63) is 0 Å². The minimum absolute atomic E-state index is 0.00588. The monoisotopic (exact) mass is 285 g/mol. The largest absolute Gasteiger partial charge is 0.349 e. The van der Waals surface area contributed by atoms with Gasteiger partial charge in [-0.15, -0.1) is 0 Å². The van der Waals surface area contributed by atoms with E-state index in [-0.39, 0.29) is 18.2 Å². The highest BCUT2D eigenvalue weighted by Crippen LogP contribution is 2.09. The lowest BCUT2D eigenvalue weighted by Gasteiger charge is -2.05. The molecule has 3 nitrogen and oxygen atoms in total. The van der Waals surface area contributed by atoms with Crippen LogP contribution < -0.4 is 5.32 Å². The Hall–Kier alpha value is -0.860. The average Bonchev–Trinajstić information content (AvgIpc) is 2.34. The number of ketones is 1. The first-order valence-electron chi connectivity index (χ1n) is 8.07. The fraction of sp³-hybridized carbons (Fsp3) is 0.882. The van der Waals surface area contributed by atoms with Crippen molar-refractivity contribution < 1.29 is 9.59 Å². The molecule has 0 saturated carbocycles. The van der Waals surface area contributed by atoms with Crippen LogP contribution >= 0.6 is 0 Å². The van der Waals surface area contributed by atoms with E-state index in [9.17, 15) is 9.59 Å². The third kappa shape index (κ3) is 22.3. The first-order valence-corrected chi connectivity index (χ1v) is 8.07. The van der Waals surface area contributed by atoms with E-state index >= 15 is 0 Å². The Morgan fingerprint density at radius 2 is 1.50 bits per heavy atom. The van der Waals surface area contributed by atoms with Gasteiger partial charge < -0.3 is 5.32 Å². The molecule has 0 aliphatic heterocycles. The number of nitrogens with one attached hydrogen (secondary N) is 1. The zero-order valence-corrected chi connectivity index (χ0v) is 14.4. The first kappa shape index (κ1) is 21.4. The second-order valence-corrected chi connectivity index (χ2v) is 6.39. The Labute approximate surface area is 125 Å². The number of carbonyl (C=O) groups is 2. The maximum absolute atomic E-state index is 11.3. The standard InChI is InChI=1S/C13H25NO2.C4H10/c1-4-12(15)10-14-13(16)9-7-5-6-8-11(2)3;1-4(2)3/h11H,4-10H2,1-3H3,(H,14,16);4H,1-3H3. The normalized spacial score (nSPS) is 10.2. The lowest BCUT2D eigenvalue weighted by molar-refractivity contribution is -0.125. The summed E-state index contributed by atoms with van der Waals surface area (Å²) in [5.74, 6) is 1.68. The summed E-state index contributed by atoms with van der Waals surface area (Å²) in [4.78, 5) is 22.2. The molecule has 1 amide bonds. The topological polar surface area (TPSA) is 46.2 Å². The van der Waals surface area contributed by atoms with E-state index in [1.165, 1.54) is 12.8 Å². The lowest BCUT2D eigenvalue weighted by atomic mass is 10.0. The van der Waals surface area contributed by atoms with E-state index in [1.54, 1.807) is 6.92 Å². The van der Waals surface area contributed by atoms with E-state index in [2.05, 4.69) is 39.9 Å². The van der Waals surface area contributed by atoms with Crippen LogP contribution in [0.3, 0.4) is 0 Å². The highest BCUT2D eigenvalue weighted by atomic mass is 16.2. The Morgan fingerprint density at radius 3 is 1.95 bits per heavy atom. The molecule has 0 heterocycles. The van der Waals surface area contributed by atoms with Crippen molar-refractivity contribution in [1.29, 1.82) is 0 Å². The van der Waals surface area contributed by atoms with Crippen molar-refractivity contribution in [2.24, 2.45) is 11.8 Å². The molecule has 0 aliphatic carbocycles. The Morgan fingerprint density at radius 1 is 0.950 bits per heavy atom. The minimum Gasteiger partial charge on any atom is -0.349 e. The summed E-state index contributed by atoms with van der Waals surface area (Å²) in [6, 6.07) is 0. The molecule has 1 N–H and O–H groups in total. The molecule has 120 valence electrons. The van der Waals surface area contributed by atoms with Gasteiger partial charge in [0.2, 0.25) is 5.91 Å². The van der Waals surface area contributed by atoms with Gasteiger partial charge in [-0.2, -0.15) is 0 Å². The molecule has 0 radical (unpaired) electrons. The molecule has 0 unspecified atom stereocenters. The fourth-order valence-electron chi connectivity index (χ4n) is 1.43. The van der Waals surface area contributed by atoms with Crippen LogP contribution in [0.2, 0.25) is 0 Å². The molecule has 0 bridgehead atoms. The molecule has 0 aromatic rings. The molecule has 0 rings (SSSR count). The van der Waals surface area contributed by atoms with Crippen molar-refractivity contribution in [1.82, 2.24) is 5.32 Å². The molecule has 0 saturated heterocycles. The average molecular weight is 285 g/mol. The van der Waals surface area contributed by atoms with E-state index in [4.69, 9.17) is 0 Å². The third-order valence-electron chi connectivity index (χ3n) is 2.56. The molecule has 0 fully saturated rings. The second kappa shape index (κ2) is 14.5. The predicted octanol–water partition coefficient (Wildman–Crippen LogP) is 4.35. The Balaban J connectivity index is 0. The predicted molar refractivity (Wildman–Crippen MR) is 86.7 cm³/mol. The van der Waals surface area contributed by atoms with Crippen LogP contribution in [0.1, 0.15) is 80.1 Å². The van der Waals surface area contributed by atoms with Crippen molar-refractivity contribution in [2.45, 2.75) is 80.1 Å². The van der Waals surface area contributed by atoms with E-state index in [0.717, 1.165) is 24.7 Å². The molecule has 20 heavy (non-hydrogen) atoms. The van der Waals surface area contributed by atoms with Gasteiger partial charge in [0.05, 0.1) is 6.54 Å². The minimum atomic E-state index is 0.00588. The molecule has 0 spiro atoms. The van der Waals surface area contributed by atoms with Crippen molar-refractivity contribution in [3.63, 3.8) is 0 Å². The van der Waals surface area contributed by atoms with E-state index in [1.807, 2.05) is 0 Å². The number of amides is 1. The highest BCUT2D eigenvalue weighted by Gasteiger charge is 2.03. The molecular formula is C17H35NO2. The highest BCUT2D eigenvalue weighted by molar-refractivity contribution is 5.85. The number of Topliss-reactive ketones (excluding diaryl/α,β-unsaturated/α-hetero) is 1. The van der Waals surface area contributed by atoms with Gasteiger partial charge in [0.15, 0.2) is 5.78 Å². The summed E-state index contributed by atoms with van der Waals surface area (Å²) in [6.45, 7) is 12.9. The summed E-state index contributed by atoms with van der Waals surface area (Å²) in [5.41, 5.74) is 0. The van der Waals surface area contributed by atoms with Crippen LogP contribution in [0.4, 0.5) is 0 Å². The van der Waals surface area contributed by atoms with E-state index in [0.29, 0.717) is 12.8 Å². The number of hydrogen-bond donors (Lipinski definition) is 1. The van der Waals surface area contributed by atoms with Crippen molar-refractivity contribution in [3.8, 4) is 0 Å². The van der Waals surface area contributed by atoms with Gasteiger partial charge in [-0.3, -0.25) is 9.59 Å². The van der Waals surface area contributed by atoms with E-state index < -0.39 is 0 Å². The molecule has 0 aliphatic rings. The van der Waals surface area contributed by atoms with Gasteiger partial charge in [-0.25, -0.2) is 0 Å². The number of carbonyl (C=O) groups excluding carboxylic acids is 2. The van der Waals surface area contributed by atoms with Gasteiger partial charge in [0.1, 0.15) is 0 Å². The summed E-state index contributed by atoms with van der Waals surface area (Å²) in [5, 5.41) is 2.64. The molecule has 3 heteroatoms. The van der Waals surface area contributed by atoms with Gasteiger partial charge in [0.25, 0.3) is 0 Å². The lowest BCUT2D eigenvalue weighted by Crippen LogP contribution is -2.28. The van der Waals surface area contributed by atoms with Crippen molar-refractivity contribution >= 4 is 11.7 Å². The summed E-state index contributed by atoms with van der Waals surface area (Å²) >= 11 is 0. The van der Waals surface area contributed by atoms with Gasteiger partial charge in [-0.1, -0.05) is 60.8 Å². The maximum Gasteiger partial charge on any atom is 0.220 e. The Bertz CT molecular complexity index is 245. The van der Waals surface area contributed by atoms with Crippen LogP contribution in [-0.4, -0.2) is 18.2 Å². The van der Waals surface area contributed by atoms with Crippen LogP contribution in [0.15, 0.2) is 0 Å². The van der Waals surface area contributed by atoms with Crippen LogP contribution in [-0.2, 0) is 9.59 Å². The zero-order valence-electron chi connectivity index (χ0n) is 14.4. The number of rotatable bonds is 9. The maximum atomic E-state index is 11.3. The smallest absolute Gasteiger partial charge is 0.220 e. The summed E-state index contributed by atoms with van der Waals surface area (Å²) < 4.78 is 0. The first-order chi connectivity index (χ1) is 9.29. The van der Waals surface area contributed by atoms with Gasteiger partial charge >= 0.3 is 0 Å². The van der Waals surface area contributed by atoms with Gasteiger partial charge in [-0.05, 0) is 18.3 Å². The fourth-order valence-corrected chi connectivity index (χ4v) is 1.43. The third-order valence-corrected chi connectivity index (χ3v) is 2.56. The number of hydrogen-bond acceptors (Lipinski definition) is 2. The van der Waals surface area contributed by atoms with Gasteiger partial charge in [0, 0.05) is 12.8 Å². The molecule has 0 aromatic carbocycles. The zero-order chi connectivity index (χ0) is 16.0. The second-order valence-electron chi connectivity index (χ2n) is 6.39. The van der Waals surface area contributed by atoms with Crippen LogP contribution in [0.25, 0.3) is 0 Å². The Kier molecular flexibility index (Phi) is 15.6. The molecular weight excluding hydrogens is 250 g/mol. The summed E-state index contributed by atoms with van der Waals surface area (Å²) in [6.07, 6.45) is 5.50. The molecule has 0 atom stereocenters. The quantitative estimate of drug-likeness (QED) is 0.640. The van der Waals surface area contributed by atoms with Crippen LogP contribution in [0.5, 0.6) is 0 Å². The summed E-state index contributed by atoms with van der Waals surface area (Å²) in [7, 11) is 0. The SMILES string of the molecule is CC(C)C.CCC(=O)CNC(=O)CCCCCC(C)C. The molecule has 0 aromatic heterocycles.